The molecule has 0 saturated heterocycles. The normalized spacial score (nSPS) is 13.1. The molecule has 0 spiro atoms. The third-order valence-electron chi connectivity index (χ3n) is 2.59. The van der Waals surface area contributed by atoms with Crippen LogP contribution < -0.4 is 5.32 Å². The Balaban J connectivity index is 2.95. The molecule has 0 unspecified atom stereocenters. The van der Waals surface area contributed by atoms with Gasteiger partial charge in [0.25, 0.3) is 0 Å². The molecule has 0 saturated carbocycles. The third-order valence-corrected chi connectivity index (χ3v) is 2.59. The number of carboxylic acid groups (broad SMARTS) is 1. The van der Waals surface area contributed by atoms with Gasteiger partial charge in [-0.05, 0) is 19.4 Å². The lowest BCUT2D eigenvalue weighted by atomic mass is 10.1. The second-order valence-electron chi connectivity index (χ2n) is 4.39. The minimum atomic E-state index is -4.59. The van der Waals surface area contributed by atoms with E-state index in [1.165, 1.54) is 6.92 Å². The summed E-state index contributed by atoms with van der Waals surface area (Å²) >= 11 is 0. The maximum absolute atomic E-state index is 12.6. The summed E-state index contributed by atoms with van der Waals surface area (Å²) in [7, 11) is 0. The van der Waals surface area contributed by atoms with Gasteiger partial charge >= 0.3 is 12.1 Å². The summed E-state index contributed by atoms with van der Waals surface area (Å²) in [6.45, 7) is 3.29. The molecule has 0 fully saturated rings. The molecular formula is C12H16F3N3O2. The van der Waals surface area contributed by atoms with Gasteiger partial charge in [-0.15, -0.1) is 0 Å². The molecule has 0 aliphatic rings. The Hall–Kier alpha value is -1.86. The van der Waals surface area contributed by atoms with Gasteiger partial charge in [-0.1, -0.05) is 19.8 Å². The van der Waals surface area contributed by atoms with Crippen LogP contribution in [-0.2, 0) is 11.0 Å². The highest BCUT2D eigenvalue weighted by Crippen LogP contribution is 2.28. The smallest absolute Gasteiger partial charge is 0.433 e. The van der Waals surface area contributed by atoms with E-state index < -0.39 is 23.9 Å². The lowest BCUT2D eigenvalue weighted by Gasteiger charge is -2.15. The van der Waals surface area contributed by atoms with Crippen LogP contribution in [0.4, 0.5) is 19.1 Å². The van der Waals surface area contributed by atoms with Gasteiger partial charge in [0, 0.05) is 5.69 Å². The first kappa shape index (κ1) is 16.2. The first-order valence-corrected chi connectivity index (χ1v) is 6.16. The summed E-state index contributed by atoms with van der Waals surface area (Å²) in [6.07, 6.45) is -2.87. The molecule has 1 aromatic heterocycles. The molecule has 2 N–H and O–H groups in total. The third kappa shape index (κ3) is 4.67. The molecule has 1 atom stereocenters. The van der Waals surface area contributed by atoms with E-state index >= 15 is 0 Å². The van der Waals surface area contributed by atoms with Crippen molar-refractivity contribution in [3.63, 3.8) is 0 Å². The minimum Gasteiger partial charge on any atom is -0.480 e. The highest BCUT2D eigenvalue weighted by atomic mass is 19.4. The molecule has 20 heavy (non-hydrogen) atoms. The maximum Gasteiger partial charge on any atom is 0.433 e. The Kier molecular flexibility index (Phi) is 5.29. The largest absolute Gasteiger partial charge is 0.480 e. The van der Waals surface area contributed by atoms with E-state index in [4.69, 9.17) is 5.11 Å². The van der Waals surface area contributed by atoms with E-state index in [-0.39, 0.29) is 11.6 Å². The van der Waals surface area contributed by atoms with Crippen LogP contribution in [0, 0.1) is 6.92 Å². The Labute approximate surface area is 114 Å². The fraction of sp³-hybridized carbons (Fsp3) is 0.583. The van der Waals surface area contributed by atoms with Crippen LogP contribution in [0.1, 0.15) is 37.6 Å². The van der Waals surface area contributed by atoms with Crippen molar-refractivity contribution in [2.24, 2.45) is 0 Å². The highest BCUT2D eigenvalue weighted by molar-refractivity contribution is 5.76. The van der Waals surface area contributed by atoms with Crippen molar-refractivity contribution >= 4 is 11.9 Å². The number of nitrogens with one attached hydrogen (secondary N) is 1. The van der Waals surface area contributed by atoms with Crippen molar-refractivity contribution in [2.75, 3.05) is 5.32 Å². The molecule has 8 heteroatoms. The van der Waals surface area contributed by atoms with Crippen LogP contribution in [0.3, 0.4) is 0 Å². The predicted octanol–water partition coefficient (Wildman–Crippen LogP) is 2.86. The molecule has 1 heterocycles. The number of nitrogens with zero attached hydrogens (tertiary/aromatic N) is 2. The number of halogens is 3. The van der Waals surface area contributed by atoms with Gasteiger partial charge in [-0.2, -0.15) is 13.2 Å². The standard InChI is InChI=1S/C12H16F3N3O2/c1-3-4-5-8(10(19)20)17-11-16-7(2)6-9(18-11)12(13,14)15/h6,8H,3-5H2,1-2H3,(H,19,20)(H,16,17,18)/t8-/m0/s1. The lowest BCUT2D eigenvalue weighted by molar-refractivity contribution is -0.141. The number of carbonyl (C=O) groups is 1. The predicted molar refractivity (Wildman–Crippen MR) is 66.3 cm³/mol. The molecule has 112 valence electrons. The fourth-order valence-corrected chi connectivity index (χ4v) is 1.60. The first-order valence-electron chi connectivity index (χ1n) is 6.16. The van der Waals surface area contributed by atoms with Crippen molar-refractivity contribution in [3.8, 4) is 0 Å². The molecule has 0 radical (unpaired) electrons. The zero-order valence-electron chi connectivity index (χ0n) is 11.2. The van der Waals surface area contributed by atoms with Crippen LogP contribution in [0.2, 0.25) is 0 Å². The van der Waals surface area contributed by atoms with Gasteiger partial charge in [0.05, 0.1) is 0 Å². The number of unbranched alkanes of at least 4 members (excludes halogenated alkanes) is 1. The second-order valence-corrected chi connectivity index (χ2v) is 4.39. The van der Waals surface area contributed by atoms with Crippen molar-refractivity contribution in [2.45, 2.75) is 45.3 Å². The van der Waals surface area contributed by atoms with Gasteiger partial charge in [0.15, 0.2) is 0 Å². The number of carboxylic acids is 1. The number of aryl methyl sites for hydroxylation is 1. The number of rotatable bonds is 6. The zero-order valence-corrected chi connectivity index (χ0v) is 11.2. The Morgan fingerprint density at radius 1 is 1.45 bits per heavy atom. The molecular weight excluding hydrogens is 275 g/mol. The Morgan fingerprint density at radius 2 is 2.10 bits per heavy atom. The molecule has 0 aliphatic carbocycles. The summed E-state index contributed by atoms with van der Waals surface area (Å²) in [6, 6.07) is -0.190. The number of aromatic nitrogens is 2. The Morgan fingerprint density at radius 3 is 2.60 bits per heavy atom. The number of hydrogen-bond acceptors (Lipinski definition) is 4. The van der Waals surface area contributed by atoms with E-state index in [0.717, 1.165) is 12.5 Å². The minimum absolute atomic E-state index is 0.120. The average Bonchev–Trinajstić information content (AvgIpc) is 2.32. The molecule has 0 bridgehead atoms. The van der Waals surface area contributed by atoms with Crippen molar-refractivity contribution in [1.29, 1.82) is 0 Å². The number of aliphatic carboxylic acids is 1. The van der Waals surface area contributed by atoms with E-state index in [9.17, 15) is 18.0 Å². The van der Waals surface area contributed by atoms with Crippen molar-refractivity contribution in [3.05, 3.63) is 17.5 Å². The van der Waals surface area contributed by atoms with Crippen LogP contribution in [0.15, 0.2) is 6.07 Å². The highest BCUT2D eigenvalue weighted by Gasteiger charge is 2.33. The van der Waals surface area contributed by atoms with Crippen LogP contribution in [-0.4, -0.2) is 27.1 Å². The van der Waals surface area contributed by atoms with Crippen LogP contribution in [0.5, 0.6) is 0 Å². The Bertz CT molecular complexity index is 478. The van der Waals surface area contributed by atoms with Gasteiger partial charge in [-0.25, -0.2) is 14.8 Å². The number of alkyl halides is 3. The first-order chi connectivity index (χ1) is 9.24. The van der Waals surface area contributed by atoms with Crippen LogP contribution in [0.25, 0.3) is 0 Å². The summed E-state index contributed by atoms with van der Waals surface area (Å²) < 4.78 is 37.8. The molecule has 0 amide bonds. The van der Waals surface area contributed by atoms with E-state index in [1.54, 1.807) is 0 Å². The monoisotopic (exact) mass is 291 g/mol. The van der Waals surface area contributed by atoms with E-state index in [0.29, 0.717) is 12.8 Å². The SMILES string of the molecule is CCCC[C@H](Nc1nc(C)cc(C(F)(F)F)n1)C(=O)O. The van der Waals surface area contributed by atoms with Crippen LogP contribution >= 0.6 is 0 Å². The van der Waals surface area contributed by atoms with E-state index in [1.807, 2.05) is 6.92 Å². The molecule has 1 aromatic rings. The number of anilines is 1. The summed E-state index contributed by atoms with van der Waals surface area (Å²) in [5.74, 6) is -1.46. The summed E-state index contributed by atoms with van der Waals surface area (Å²) in [5, 5.41) is 11.5. The molecule has 0 aromatic carbocycles. The molecule has 1 rings (SSSR count). The van der Waals surface area contributed by atoms with Gasteiger partial charge in [0.2, 0.25) is 5.95 Å². The average molecular weight is 291 g/mol. The molecule has 0 aliphatic heterocycles. The van der Waals surface area contributed by atoms with E-state index in [2.05, 4.69) is 15.3 Å². The van der Waals surface area contributed by atoms with Crippen molar-refractivity contribution < 1.29 is 23.1 Å². The lowest BCUT2D eigenvalue weighted by Crippen LogP contribution is -2.30. The van der Waals surface area contributed by atoms with Gasteiger partial charge < -0.3 is 10.4 Å². The topological polar surface area (TPSA) is 75.1 Å². The van der Waals surface area contributed by atoms with Gasteiger partial charge in [0.1, 0.15) is 11.7 Å². The molecule has 5 nitrogen and oxygen atoms in total. The fourth-order valence-electron chi connectivity index (χ4n) is 1.60. The summed E-state index contributed by atoms with van der Waals surface area (Å²) in [5.41, 5.74) is -0.971. The second kappa shape index (κ2) is 6.53. The maximum atomic E-state index is 12.6. The number of hydrogen-bond donors (Lipinski definition) is 2. The van der Waals surface area contributed by atoms with Crippen molar-refractivity contribution in [1.82, 2.24) is 9.97 Å². The van der Waals surface area contributed by atoms with Gasteiger partial charge in [-0.3, -0.25) is 0 Å². The quantitative estimate of drug-likeness (QED) is 0.843. The zero-order chi connectivity index (χ0) is 15.3. The summed E-state index contributed by atoms with van der Waals surface area (Å²) in [4.78, 5) is 18.2.